The van der Waals surface area contributed by atoms with Crippen molar-refractivity contribution >= 4 is 12.0 Å². The molecule has 0 fully saturated rings. The van der Waals surface area contributed by atoms with Gasteiger partial charge in [-0.05, 0) is 42.9 Å². The first kappa shape index (κ1) is 18.0. The van der Waals surface area contributed by atoms with E-state index in [-0.39, 0.29) is 12.1 Å². The third-order valence-electron chi connectivity index (χ3n) is 4.02. The monoisotopic (exact) mass is 322 g/mol. The first-order valence-electron chi connectivity index (χ1n) is 8.67. The van der Waals surface area contributed by atoms with Crippen LogP contribution in [0.15, 0.2) is 60.7 Å². The summed E-state index contributed by atoms with van der Waals surface area (Å²) >= 11 is 0. The Morgan fingerprint density at radius 1 is 1.04 bits per heavy atom. The molecule has 0 amide bonds. The van der Waals surface area contributed by atoms with Crippen LogP contribution in [-0.4, -0.2) is 12.1 Å². The molecule has 0 aliphatic carbocycles. The lowest BCUT2D eigenvalue weighted by molar-refractivity contribution is -0.147. The van der Waals surface area contributed by atoms with E-state index in [0.717, 1.165) is 24.8 Å². The highest BCUT2D eigenvalue weighted by atomic mass is 16.5. The number of aryl methyl sites for hydroxylation is 1. The van der Waals surface area contributed by atoms with Crippen molar-refractivity contribution in [1.82, 2.24) is 0 Å². The number of rotatable bonds is 8. The van der Waals surface area contributed by atoms with Crippen LogP contribution in [-0.2, 0) is 22.4 Å². The summed E-state index contributed by atoms with van der Waals surface area (Å²) in [6, 6.07) is 18.3. The first-order valence-corrected chi connectivity index (χ1v) is 8.67. The predicted molar refractivity (Wildman–Crippen MR) is 99.8 cm³/mol. The fourth-order valence-electron chi connectivity index (χ4n) is 2.67. The van der Waals surface area contributed by atoms with E-state index in [4.69, 9.17) is 4.74 Å². The zero-order valence-electron chi connectivity index (χ0n) is 14.6. The smallest absolute Gasteiger partial charge is 0.310 e. The number of hydrogen-bond acceptors (Lipinski definition) is 2. The minimum absolute atomic E-state index is 0.0632. The van der Waals surface area contributed by atoms with Crippen LogP contribution in [0.3, 0.4) is 0 Å². The molecule has 0 N–H and O–H groups in total. The molecule has 1 atom stereocenters. The number of esters is 1. The van der Waals surface area contributed by atoms with E-state index < -0.39 is 0 Å². The van der Waals surface area contributed by atoms with Crippen molar-refractivity contribution in [2.45, 2.75) is 45.6 Å². The van der Waals surface area contributed by atoms with Crippen molar-refractivity contribution in [3.05, 3.63) is 77.4 Å². The van der Waals surface area contributed by atoms with Gasteiger partial charge < -0.3 is 4.74 Å². The van der Waals surface area contributed by atoms with Gasteiger partial charge in [0.15, 0.2) is 0 Å². The molecule has 0 unspecified atom stereocenters. The van der Waals surface area contributed by atoms with Gasteiger partial charge in [0.2, 0.25) is 0 Å². The molecular weight excluding hydrogens is 296 g/mol. The van der Waals surface area contributed by atoms with E-state index in [1.807, 2.05) is 43.3 Å². The molecule has 0 bridgehead atoms. The van der Waals surface area contributed by atoms with Crippen LogP contribution in [0.5, 0.6) is 0 Å². The topological polar surface area (TPSA) is 26.3 Å². The molecule has 0 radical (unpaired) electrons. The van der Waals surface area contributed by atoms with Crippen molar-refractivity contribution in [2.24, 2.45) is 0 Å². The molecule has 0 aromatic heterocycles. The molecule has 0 saturated carbocycles. The van der Waals surface area contributed by atoms with Gasteiger partial charge in [-0.25, -0.2) is 0 Å². The molecule has 2 aromatic rings. The van der Waals surface area contributed by atoms with Crippen molar-refractivity contribution in [3.63, 3.8) is 0 Å². The number of hydrogen-bond donors (Lipinski definition) is 0. The minimum atomic E-state index is -0.143. The molecule has 0 heterocycles. The van der Waals surface area contributed by atoms with Crippen LogP contribution >= 0.6 is 0 Å². The zero-order chi connectivity index (χ0) is 17.2. The van der Waals surface area contributed by atoms with E-state index in [1.54, 1.807) is 0 Å². The first-order chi connectivity index (χ1) is 11.7. The van der Waals surface area contributed by atoms with Crippen molar-refractivity contribution in [1.29, 1.82) is 0 Å². The van der Waals surface area contributed by atoms with Gasteiger partial charge in [0, 0.05) is 0 Å². The highest BCUT2D eigenvalue weighted by Gasteiger charge is 2.11. The standard InChI is InChI=1S/C22H26O2/c1-3-20-15-9-10-16-21(20)17-22(23)24-18(2)11-7-8-14-19-12-5-4-6-13-19/h4-6,8-10,12-16,18H,3,7,11,17H2,1-2H3/b14-8+/t18-/m0/s1. The number of benzene rings is 2. The Bertz CT molecular complexity index is 659. The second-order valence-electron chi connectivity index (χ2n) is 5.99. The summed E-state index contributed by atoms with van der Waals surface area (Å²) in [5.74, 6) is -0.143. The van der Waals surface area contributed by atoms with Crippen LogP contribution in [0.2, 0.25) is 0 Å². The highest BCUT2D eigenvalue weighted by Crippen LogP contribution is 2.12. The average molecular weight is 322 g/mol. The van der Waals surface area contributed by atoms with Crippen molar-refractivity contribution in [2.75, 3.05) is 0 Å². The highest BCUT2D eigenvalue weighted by molar-refractivity contribution is 5.73. The molecule has 0 aliphatic heterocycles. The quantitative estimate of drug-likeness (QED) is 0.623. The number of allylic oxidation sites excluding steroid dienone is 1. The van der Waals surface area contributed by atoms with Crippen LogP contribution in [0.1, 0.15) is 43.4 Å². The van der Waals surface area contributed by atoms with E-state index in [9.17, 15) is 4.79 Å². The van der Waals surface area contributed by atoms with Crippen LogP contribution in [0, 0.1) is 0 Å². The Hall–Kier alpha value is -2.35. The van der Waals surface area contributed by atoms with E-state index >= 15 is 0 Å². The van der Waals surface area contributed by atoms with Gasteiger partial charge in [0.05, 0.1) is 12.5 Å². The predicted octanol–water partition coefficient (Wildman–Crippen LogP) is 5.22. The SMILES string of the molecule is CCc1ccccc1CC(=O)O[C@@H](C)CC/C=C/c1ccccc1. The Morgan fingerprint density at radius 2 is 1.71 bits per heavy atom. The average Bonchev–Trinajstić information content (AvgIpc) is 2.60. The van der Waals surface area contributed by atoms with Gasteiger partial charge in [-0.3, -0.25) is 4.79 Å². The molecule has 2 heteroatoms. The van der Waals surface area contributed by atoms with Crippen molar-refractivity contribution < 1.29 is 9.53 Å². The number of carbonyl (C=O) groups excluding carboxylic acids is 1. The van der Waals surface area contributed by atoms with Crippen LogP contribution < -0.4 is 0 Å². The van der Waals surface area contributed by atoms with Gasteiger partial charge >= 0.3 is 5.97 Å². The van der Waals surface area contributed by atoms with E-state index in [1.165, 1.54) is 11.1 Å². The van der Waals surface area contributed by atoms with E-state index in [0.29, 0.717) is 6.42 Å². The summed E-state index contributed by atoms with van der Waals surface area (Å²) in [5.41, 5.74) is 3.48. The minimum Gasteiger partial charge on any atom is -0.462 e. The largest absolute Gasteiger partial charge is 0.462 e. The van der Waals surface area contributed by atoms with Gasteiger partial charge in [0.25, 0.3) is 0 Å². The number of ether oxygens (including phenoxy) is 1. The summed E-state index contributed by atoms with van der Waals surface area (Å²) in [7, 11) is 0. The molecule has 126 valence electrons. The lowest BCUT2D eigenvalue weighted by atomic mass is 10.0. The molecule has 2 nitrogen and oxygen atoms in total. The fraction of sp³-hybridized carbons (Fsp3) is 0.318. The third kappa shape index (κ3) is 6.04. The molecule has 24 heavy (non-hydrogen) atoms. The van der Waals surface area contributed by atoms with Crippen LogP contribution in [0.25, 0.3) is 6.08 Å². The zero-order valence-corrected chi connectivity index (χ0v) is 14.6. The van der Waals surface area contributed by atoms with Crippen molar-refractivity contribution in [3.8, 4) is 0 Å². The maximum absolute atomic E-state index is 12.1. The molecule has 0 saturated heterocycles. The Labute approximate surface area is 145 Å². The Morgan fingerprint density at radius 3 is 2.42 bits per heavy atom. The molecule has 2 aromatic carbocycles. The normalized spacial score (nSPS) is 12.2. The maximum Gasteiger partial charge on any atom is 0.310 e. The summed E-state index contributed by atoms with van der Waals surface area (Å²) in [5, 5.41) is 0. The summed E-state index contributed by atoms with van der Waals surface area (Å²) < 4.78 is 5.53. The summed E-state index contributed by atoms with van der Waals surface area (Å²) in [4.78, 5) is 12.1. The second kappa shape index (κ2) is 9.71. The fourth-order valence-corrected chi connectivity index (χ4v) is 2.67. The second-order valence-corrected chi connectivity index (χ2v) is 5.99. The third-order valence-corrected chi connectivity index (χ3v) is 4.02. The Kier molecular flexibility index (Phi) is 7.28. The Balaban J connectivity index is 1.74. The molecular formula is C22H26O2. The van der Waals surface area contributed by atoms with Gasteiger partial charge in [-0.1, -0.05) is 73.7 Å². The van der Waals surface area contributed by atoms with Gasteiger partial charge in [0.1, 0.15) is 0 Å². The summed E-state index contributed by atoms with van der Waals surface area (Å²) in [6.07, 6.45) is 7.20. The lowest BCUT2D eigenvalue weighted by Crippen LogP contribution is -2.17. The van der Waals surface area contributed by atoms with Gasteiger partial charge in [-0.2, -0.15) is 0 Å². The molecule has 0 aliphatic rings. The number of carbonyl (C=O) groups is 1. The van der Waals surface area contributed by atoms with E-state index in [2.05, 4.69) is 37.3 Å². The van der Waals surface area contributed by atoms with Crippen LogP contribution in [0.4, 0.5) is 0 Å². The van der Waals surface area contributed by atoms with Gasteiger partial charge in [-0.15, -0.1) is 0 Å². The molecule has 2 rings (SSSR count). The molecule has 0 spiro atoms. The lowest BCUT2D eigenvalue weighted by Gasteiger charge is -2.13. The maximum atomic E-state index is 12.1. The summed E-state index contributed by atoms with van der Waals surface area (Å²) in [6.45, 7) is 4.06.